The molecule has 0 amide bonds. The summed E-state index contributed by atoms with van der Waals surface area (Å²) in [5.41, 5.74) is 18.6. The topological polar surface area (TPSA) is 0 Å². The molecule has 0 nitrogen and oxygen atoms in total. The van der Waals surface area contributed by atoms with E-state index in [0.29, 0.717) is 0 Å². The Balaban J connectivity index is 2.83. The lowest BCUT2D eigenvalue weighted by atomic mass is 10.1. The fraction of sp³-hybridized carbons (Fsp3) is 0.429. The van der Waals surface area contributed by atoms with Crippen LogP contribution in [0.3, 0.4) is 0 Å². The molecule has 2 heterocycles. The minimum Gasteiger partial charge on any atom is -0.140 e. The highest BCUT2D eigenvalue weighted by molar-refractivity contribution is 7.21. The minimum absolute atomic E-state index is 1.07. The van der Waals surface area contributed by atoms with Crippen LogP contribution in [-0.2, 0) is 0 Å². The predicted octanol–water partition coefficient (Wildman–Crippen LogP) is 8.39. The predicted molar refractivity (Wildman–Crippen MR) is 169 cm³/mol. The highest BCUT2D eigenvalue weighted by Crippen LogP contribution is 2.39. The minimum atomic E-state index is -1.53. The first-order valence-electron chi connectivity index (χ1n) is 11.7. The van der Waals surface area contributed by atoms with Gasteiger partial charge in [0.25, 0.3) is 0 Å². The molecule has 0 saturated carbocycles. The van der Waals surface area contributed by atoms with E-state index in [2.05, 4.69) is 135 Å². The second kappa shape index (κ2) is 10.6. The molecule has 2 aromatic rings. The highest BCUT2D eigenvalue weighted by atomic mass is 32.1. The van der Waals surface area contributed by atoms with Gasteiger partial charge in [0.2, 0.25) is 0 Å². The Labute approximate surface area is 221 Å². The van der Waals surface area contributed by atoms with Gasteiger partial charge in [-0.05, 0) is 0 Å². The second-order valence-corrected chi connectivity index (χ2v) is 33.5. The highest BCUT2D eigenvalue weighted by Gasteiger charge is 2.20. The molecule has 0 aliphatic rings. The zero-order valence-corrected chi connectivity index (χ0v) is 28.6. The third kappa shape index (κ3) is 9.63. The summed E-state index contributed by atoms with van der Waals surface area (Å²) in [4.78, 5) is 2.41. The maximum atomic E-state index is 3.59. The summed E-state index contributed by atoms with van der Waals surface area (Å²) in [6, 6.07) is 0. The molecule has 2 rings (SSSR count). The Morgan fingerprint density at radius 1 is 0.441 bits per heavy atom. The number of hydrogen-bond acceptors (Lipinski definition) is 2. The first-order chi connectivity index (χ1) is 15.3. The van der Waals surface area contributed by atoms with Crippen LogP contribution < -0.4 is 0 Å². The summed E-state index contributed by atoms with van der Waals surface area (Å²) in [6.07, 6.45) is 0. The summed E-state index contributed by atoms with van der Waals surface area (Å²) in [6.45, 7) is 27.5. The van der Waals surface area contributed by atoms with Crippen LogP contribution in [0.2, 0.25) is 78.6 Å². The van der Waals surface area contributed by atoms with E-state index in [4.69, 9.17) is 0 Å². The van der Waals surface area contributed by atoms with Crippen LogP contribution in [0, 0.1) is 45.9 Å². The number of thiophene rings is 2. The first-order valence-corrected chi connectivity index (χ1v) is 27.5. The lowest BCUT2D eigenvalue weighted by molar-refractivity contribution is 1.69. The Hall–Kier alpha value is -1.49. The van der Waals surface area contributed by atoms with Crippen LogP contribution >= 0.6 is 22.7 Å². The molecule has 0 N–H and O–H groups in total. The molecule has 0 bridgehead atoms. The molecule has 0 saturated heterocycles. The molecule has 6 heteroatoms. The van der Waals surface area contributed by atoms with Crippen molar-refractivity contribution in [1.29, 1.82) is 0 Å². The van der Waals surface area contributed by atoms with Crippen molar-refractivity contribution in [3.8, 4) is 55.6 Å². The number of hydrogen-bond donors (Lipinski definition) is 0. The van der Waals surface area contributed by atoms with Crippen molar-refractivity contribution in [2.24, 2.45) is 0 Å². The van der Waals surface area contributed by atoms with E-state index < -0.39 is 32.3 Å². The summed E-state index contributed by atoms with van der Waals surface area (Å²) >= 11 is 3.51. The van der Waals surface area contributed by atoms with Gasteiger partial charge in [0.05, 0.1) is 32.0 Å². The molecule has 0 atom stereocenters. The van der Waals surface area contributed by atoms with Crippen molar-refractivity contribution in [3.63, 3.8) is 0 Å². The van der Waals surface area contributed by atoms with Crippen molar-refractivity contribution in [2.45, 2.75) is 78.6 Å². The van der Waals surface area contributed by atoms with Crippen LogP contribution in [-0.4, -0.2) is 32.3 Å². The fourth-order valence-electron chi connectivity index (χ4n) is 2.49. The Morgan fingerprint density at radius 2 is 0.706 bits per heavy atom. The van der Waals surface area contributed by atoms with E-state index in [1.165, 1.54) is 9.75 Å². The van der Waals surface area contributed by atoms with Crippen molar-refractivity contribution in [1.82, 2.24) is 0 Å². The number of rotatable bonds is 1. The van der Waals surface area contributed by atoms with Crippen LogP contribution in [0.15, 0.2) is 10.8 Å². The molecule has 0 aromatic carbocycles. The van der Waals surface area contributed by atoms with Gasteiger partial charge >= 0.3 is 0 Å². The molecule has 2 aromatic heterocycles. The molecule has 0 radical (unpaired) electrons. The van der Waals surface area contributed by atoms with Gasteiger partial charge in [0, 0.05) is 10.8 Å². The molecule has 34 heavy (non-hydrogen) atoms. The monoisotopic (exact) mass is 550 g/mol. The van der Waals surface area contributed by atoms with Crippen molar-refractivity contribution in [3.05, 3.63) is 33.0 Å². The largest absolute Gasteiger partial charge is 0.140 e. The van der Waals surface area contributed by atoms with Gasteiger partial charge in [-0.25, -0.2) is 0 Å². The van der Waals surface area contributed by atoms with Crippen LogP contribution in [0.4, 0.5) is 0 Å². The van der Waals surface area contributed by atoms with Crippen LogP contribution in [0.5, 0.6) is 0 Å². The van der Waals surface area contributed by atoms with Crippen molar-refractivity contribution in [2.75, 3.05) is 0 Å². The van der Waals surface area contributed by atoms with Crippen molar-refractivity contribution >= 4 is 55.0 Å². The molecular formula is C28H38S2Si4. The van der Waals surface area contributed by atoms with Gasteiger partial charge in [-0.2, -0.15) is 0 Å². The van der Waals surface area contributed by atoms with E-state index in [9.17, 15) is 0 Å². The molecule has 0 aliphatic heterocycles. The van der Waals surface area contributed by atoms with Gasteiger partial charge < -0.3 is 0 Å². The average Bonchev–Trinajstić information content (AvgIpc) is 3.22. The van der Waals surface area contributed by atoms with Crippen molar-refractivity contribution < 1.29 is 0 Å². The van der Waals surface area contributed by atoms with Crippen LogP contribution in [0.1, 0.15) is 22.3 Å². The standard InChI is InChI=1S/C28H38S2Si4/c1-31(2,3)17-13-23-21-29-27(25(23)15-19-33(7,8)9)28-26(16-20-34(10,11)12)24(22-30-28)14-18-32(4,5)6/h21-22H,1-12H3. The maximum absolute atomic E-state index is 3.59. The summed E-state index contributed by atoms with van der Waals surface area (Å²) in [5, 5.41) is 4.39. The van der Waals surface area contributed by atoms with Crippen LogP contribution in [0.25, 0.3) is 9.75 Å². The molecule has 0 aliphatic carbocycles. The first kappa shape index (κ1) is 28.7. The summed E-state index contributed by atoms with van der Waals surface area (Å²) < 4.78 is 0. The third-order valence-electron chi connectivity index (χ3n) is 4.06. The van der Waals surface area contributed by atoms with E-state index in [1.54, 1.807) is 22.7 Å². The quantitative estimate of drug-likeness (QED) is 0.247. The Bertz CT molecular complexity index is 1200. The molecule has 0 spiro atoms. The molecule has 178 valence electrons. The molecular weight excluding hydrogens is 513 g/mol. The smallest absolute Gasteiger partial charge is 0.129 e. The normalized spacial score (nSPS) is 11.8. The Kier molecular flexibility index (Phi) is 8.99. The van der Waals surface area contributed by atoms with Gasteiger partial charge in [-0.15, -0.1) is 44.8 Å². The van der Waals surface area contributed by atoms with Gasteiger partial charge in [0.15, 0.2) is 0 Å². The van der Waals surface area contributed by atoms with Gasteiger partial charge in [-0.1, -0.05) is 102 Å². The second-order valence-electron chi connectivity index (χ2n) is 12.7. The summed E-state index contributed by atoms with van der Waals surface area (Å²) in [7, 11) is -6.04. The molecule has 0 fully saturated rings. The maximum Gasteiger partial charge on any atom is 0.129 e. The SMILES string of the molecule is C[Si](C)(C)C#Cc1csc(-c2scc(C#C[Si](C)(C)C)c2C#C[Si](C)(C)C)c1C#C[Si](C)(C)C. The zero-order valence-electron chi connectivity index (χ0n) is 23.0. The molecule has 0 unspecified atom stereocenters. The Morgan fingerprint density at radius 3 is 0.971 bits per heavy atom. The lowest BCUT2D eigenvalue weighted by Crippen LogP contribution is -2.17. The van der Waals surface area contributed by atoms with Gasteiger partial charge in [0.1, 0.15) is 32.3 Å². The van der Waals surface area contributed by atoms with E-state index in [1.807, 2.05) is 0 Å². The average molecular weight is 551 g/mol. The third-order valence-corrected chi connectivity index (χ3v) is 9.68. The van der Waals surface area contributed by atoms with E-state index in [-0.39, 0.29) is 0 Å². The zero-order chi connectivity index (χ0) is 25.9. The fourth-order valence-corrected chi connectivity index (χ4v) is 6.60. The lowest BCUT2D eigenvalue weighted by Gasteiger charge is -2.06. The van der Waals surface area contributed by atoms with E-state index >= 15 is 0 Å². The summed E-state index contributed by atoms with van der Waals surface area (Å²) in [5.74, 6) is 14.1. The van der Waals surface area contributed by atoms with Gasteiger partial charge in [-0.3, -0.25) is 0 Å². The van der Waals surface area contributed by atoms with E-state index in [0.717, 1.165) is 22.3 Å².